The predicted octanol–water partition coefficient (Wildman–Crippen LogP) is 4.02. The molecular weight excluding hydrogens is 328 g/mol. The van der Waals surface area contributed by atoms with Crippen molar-refractivity contribution >= 4 is 38.8 Å². The summed E-state index contributed by atoms with van der Waals surface area (Å²) in [5.74, 6) is -0.474. The van der Waals surface area contributed by atoms with E-state index in [2.05, 4.69) is 15.0 Å². The number of aromatic carboxylic acids is 1. The highest BCUT2D eigenvalue weighted by atomic mass is 16.4. The number of aromatic nitrogens is 4. The molecule has 3 aromatic heterocycles. The molecule has 3 heterocycles. The summed E-state index contributed by atoms with van der Waals surface area (Å²) in [7, 11) is 0. The lowest BCUT2D eigenvalue weighted by Gasteiger charge is -2.03. The molecule has 0 unspecified atom stereocenters. The van der Waals surface area contributed by atoms with E-state index in [0.717, 1.165) is 32.8 Å². The van der Waals surface area contributed by atoms with Gasteiger partial charge in [-0.05, 0) is 30.3 Å². The third-order valence-corrected chi connectivity index (χ3v) is 4.48. The molecular formula is C20H12N4O2. The highest BCUT2D eigenvalue weighted by Crippen LogP contribution is 2.33. The molecule has 0 saturated heterocycles. The third-order valence-electron chi connectivity index (χ3n) is 4.48. The number of fused-ring (bicyclic) bond motifs is 6. The molecule has 2 aromatic carbocycles. The normalized spacial score (nSPS) is 11.4. The summed E-state index contributed by atoms with van der Waals surface area (Å²) in [4.78, 5) is 28.6. The van der Waals surface area contributed by atoms with Crippen molar-refractivity contribution in [3.63, 3.8) is 0 Å². The molecule has 124 valence electrons. The van der Waals surface area contributed by atoms with Gasteiger partial charge in [-0.25, -0.2) is 9.78 Å². The number of H-pyrrole nitrogens is 1. The minimum atomic E-state index is -0.987. The van der Waals surface area contributed by atoms with Gasteiger partial charge in [-0.15, -0.1) is 0 Å². The van der Waals surface area contributed by atoms with Crippen LogP contribution in [-0.2, 0) is 0 Å². The highest BCUT2D eigenvalue weighted by Gasteiger charge is 2.18. The Labute approximate surface area is 147 Å². The maximum absolute atomic E-state index is 11.6. The maximum Gasteiger partial charge on any atom is 0.336 e. The van der Waals surface area contributed by atoms with Crippen molar-refractivity contribution in [1.82, 2.24) is 19.9 Å². The first-order valence-electron chi connectivity index (χ1n) is 8.08. The van der Waals surface area contributed by atoms with Crippen molar-refractivity contribution in [3.8, 4) is 11.4 Å². The smallest absolute Gasteiger partial charge is 0.336 e. The van der Waals surface area contributed by atoms with Crippen LogP contribution in [0.5, 0.6) is 0 Å². The van der Waals surface area contributed by atoms with Crippen molar-refractivity contribution in [1.29, 1.82) is 0 Å². The number of imidazole rings is 1. The molecule has 0 saturated carbocycles. The van der Waals surface area contributed by atoms with Crippen LogP contribution in [0, 0.1) is 0 Å². The Hall–Kier alpha value is -3.80. The number of carboxylic acid groups (broad SMARTS) is 1. The fourth-order valence-corrected chi connectivity index (χ4v) is 3.35. The monoisotopic (exact) mass is 340 g/mol. The first-order valence-corrected chi connectivity index (χ1v) is 8.08. The molecule has 0 amide bonds. The summed E-state index contributed by atoms with van der Waals surface area (Å²) >= 11 is 0. The van der Waals surface area contributed by atoms with Crippen LogP contribution in [-0.4, -0.2) is 31.0 Å². The molecule has 2 N–H and O–H groups in total. The first kappa shape index (κ1) is 14.5. The Kier molecular flexibility index (Phi) is 2.99. The molecule has 0 spiro atoms. The van der Waals surface area contributed by atoms with Crippen molar-refractivity contribution < 1.29 is 9.90 Å². The van der Waals surface area contributed by atoms with Gasteiger partial charge in [0, 0.05) is 28.7 Å². The van der Waals surface area contributed by atoms with Gasteiger partial charge in [0.25, 0.3) is 0 Å². The number of carboxylic acids is 1. The van der Waals surface area contributed by atoms with E-state index in [0.29, 0.717) is 11.4 Å². The average Bonchev–Trinajstić information content (AvgIpc) is 3.14. The predicted molar refractivity (Wildman–Crippen MR) is 99.1 cm³/mol. The number of hydrogen-bond acceptors (Lipinski definition) is 4. The number of nitrogens with one attached hydrogen (secondary N) is 1. The summed E-state index contributed by atoms with van der Waals surface area (Å²) in [6, 6.07) is 14.5. The van der Waals surface area contributed by atoms with Crippen LogP contribution in [0.25, 0.3) is 44.2 Å². The van der Waals surface area contributed by atoms with Gasteiger partial charge >= 0.3 is 5.97 Å². The minimum absolute atomic E-state index is 0.205. The van der Waals surface area contributed by atoms with E-state index in [9.17, 15) is 9.90 Å². The lowest BCUT2D eigenvalue weighted by atomic mass is 10.1. The van der Waals surface area contributed by atoms with Gasteiger partial charge in [0.05, 0.1) is 27.6 Å². The zero-order valence-electron chi connectivity index (χ0n) is 13.5. The van der Waals surface area contributed by atoms with Gasteiger partial charge in [-0.3, -0.25) is 9.97 Å². The number of benzene rings is 2. The number of nitrogens with zero attached hydrogens (tertiary/aromatic N) is 3. The van der Waals surface area contributed by atoms with E-state index in [1.54, 1.807) is 36.7 Å². The molecule has 6 heteroatoms. The van der Waals surface area contributed by atoms with Gasteiger partial charge in [-0.2, -0.15) is 0 Å². The second kappa shape index (κ2) is 5.35. The number of carbonyl (C=O) groups is 1. The summed E-state index contributed by atoms with van der Waals surface area (Å²) < 4.78 is 0. The van der Waals surface area contributed by atoms with Crippen molar-refractivity contribution in [2.45, 2.75) is 0 Å². The van der Waals surface area contributed by atoms with Gasteiger partial charge in [0.15, 0.2) is 0 Å². The molecule has 0 fully saturated rings. The van der Waals surface area contributed by atoms with Gasteiger partial charge in [0.1, 0.15) is 5.82 Å². The molecule has 0 aliphatic rings. The second-order valence-corrected chi connectivity index (χ2v) is 5.96. The average molecular weight is 340 g/mol. The Morgan fingerprint density at radius 2 is 1.54 bits per heavy atom. The maximum atomic E-state index is 11.6. The van der Waals surface area contributed by atoms with Gasteiger partial charge < -0.3 is 10.1 Å². The van der Waals surface area contributed by atoms with Crippen LogP contribution in [0.4, 0.5) is 0 Å². The lowest BCUT2D eigenvalue weighted by Crippen LogP contribution is -1.99. The zero-order chi connectivity index (χ0) is 17.7. The van der Waals surface area contributed by atoms with E-state index in [4.69, 9.17) is 4.98 Å². The molecule has 6 nitrogen and oxygen atoms in total. The lowest BCUT2D eigenvalue weighted by molar-refractivity contribution is 0.0697. The third kappa shape index (κ3) is 1.99. The van der Waals surface area contributed by atoms with E-state index in [1.165, 1.54) is 0 Å². The van der Waals surface area contributed by atoms with Gasteiger partial charge in [-0.1, -0.05) is 18.2 Å². The molecule has 0 aliphatic heterocycles. The summed E-state index contributed by atoms with van der Waals surface area (Å²) in [6.45, 7) is 0. The van der Waals surface area contributed by atoms with Crippen molar-refractivity contribution in [3.05, 3.63) is 66.5 Å². The van der Waals surface area contributed by atoms with Crippen LogP contribution >= 0.6 is 0 Å². The van der Waals surface area contributed by atoms with E-state index in [1.807, 2.05) is 24.3 Å². The molecule has 26 heavy (non-hydrogen) atoms. The van der Waals surface area contributed by atoms with Crippen LogP contribution in [0.2, 0.25) is 0 Å². The van der Waals surface area contributed by atoms with Crippen LogP contribution in [0.3, 0.4) is 0 Å². The summed E-state index contributed by atoms with van der Waals surface area (Å²) in [5, 5.41) is 11.3. The summed E-state index contributed by atoms with van der Waals surface area (Å²) in [6.07, 6.45) is 3.47. The number of pyridine rings is 2. The van der Waals surface area contributed by atoms with E-state index < -0.39 is 5.97 Å². The Bertz CT molecular complexity index is 1250. The van der Waals surface area contributed by atoms with Crippen LogP contribution in [0.1, 0.15) is 10.4 Å². The Morgan fingerprint density at radius 3 is 2.31 bits per heavy atom. The standard InChI is InChI=1S/C20H12N4O2/c25-20(26)12-6-2-1-5-11(12)19-23-17-13-7-3-9-21-15(13)16-14(18(17)24-19)8-4-10-22-16/h1-10H,(H,23,24)(H,25,26). The molecule has 5 rings (SSSR count). The Morgan fingerprint density at radius 1 is 0.846 bits per heavy atom. The largest absolute Gasteiger partial charge is 0.478 e. The fourth-order valence-electron chi connectivity index (χ4n) is 3.35. The van der Waals surface area contributed by atoms with Crippen LogP contribution in [0.15, 0.2) is 60.9 Å². The van der Waals surface area contributed by atoms with E-state index >= 15 is 0 Å². The quantitative estimate of drug-likeness (QED) is 0.473. The van der Waals surface area contributed by atoms with Crippen LogP contribution < -0.4 is 0 Å². The first-order chi connectivity index (χ1) is 12.7. The highest BCUT2D eigenvalue weighted by molar-refractivity contribution is 6.21. The van der Waals surface area contributed by atoms with Crippen molar-refractivity contribution in [2.75, 3.05) is 0 Å². The minimum Gasteiger partial charge on any atom is -0.478 e. The SMILES string of the molecule is O=C(O)c1ccccc1-c1nc2c3cccnc3c3ncccc3c2[nH]1. The van der Waals surface area contributed by atoms with E-state index in [-0.39, 0.29) is 5.56 Å². The fraction of sp³-hybridized carbons (Fsp3) is 0. The summed E-state index contributed by atoms with van der Waals surface area (Å²) in [5.41, 5.74) is 3.90. The molecule has 5 aromatic rings. The zero-order valence-corrected chi connectivity index (χ0v) is 13.5. The number of rotatable bonds is 2. The molecule has 0 radical (unpaired) electrons. The molecule has 0 bridgehead atoms. The second-order valence-electron chi connectivity index (χ2n) is 5.96. The number of hydrogen-bond donors (Lipinski definition) is 2. The molecule has 0 atom stereocenters. The van der Waals surface area contributed by atoms with Crippen molar-refractivity contribution in [2.24, 2.45) is 0 Å². The van der Waals surface area contributed by atoms with Gasteiger partial charge in [0.2, 0.25) is 0 Å². The number of aromatic amines is 1. The topological polar surface area (TPSA) is 91.8 Å². The Balaban J connectivity index is 1.94. The molecule has 0 aliphatic carbocycles.